The predicted molar refractivity (Wildman–Crippen MR) is 103 cm³/mol. The Morgan fingerprint density at radius 3 is 2.03 bits per heavy atom. The van der Waals surface area contributed by atoms with E-state index in [4.69, 9.17) is 19.9 Å². The Kier molecular flexibility index (Phi) is 7.92. The number of rotatable bonds is 6. The lowest BCUT2D eigenvalue weighted by molar-refractivity contribution is -0.338. The van der Waals surface area contributed by atoms with Crippen molar-refractivity contribution in [1.29, 1.82) is 0 Å². The van der Waals surface area contributed by atoms with Crippen molar-refractivity contribution in [2.75, 3.05) is 18.9 Å². The minimum absolute atomic E-state index is 0.561. The molecule has 2 saturated heterocycles. The Hall–Kier alpha value is -1.03. The summed E-state index contributed by atoms with van der Waals surface area (Å²) >= 11 is 1.12. The molecule has 2 aliphatic rings. The first-order chi connectivity index (χ1) is 14.3. The highest BCUT2D eigenvalue weighted by Crippen LogP contribution is 2.35. The molecule has 0 radical (unpaired) electrons. The first kappa shape index (κ1) is 23.6. The Bertz CT molecular complexity index is 677. The van der Waals surface area contributed by atoms with Crippen LogP contribution in [0.1, 0.15) is 0 Å². The van der Waals surface area contributed by atoms with Crippen molar-refractivity contribution >= 4 is 17.4 Å². The molecule has 170 valence electrons. The molecular formula is C18H27NO10S. The van der Waals surface area contributed by atoms with Gasteiger partial charge in [-0.1, -0.05) is 11.8 Å². The van der Waals surface area contributed by atoms with Gasteiger partial charge in [-0.05, 0) is 24.3 Å². The Balaban J connectivity index is 1.71. The number of hydrogen-bond donors (Lipinski definition) is 8. The number of anilines is 1. The molecule has 10 atom stereocenters. The first-order valence-corrected chi connectivity index (χ1v) is 10.3. The van der Waals surface area contributed by atoms with Crippen LogP contribution in [-0.4, -0.2) is 110 Å². The zero-order chi connectivity index (χ0) is 22.0. The van der Waals surface area contributed by atoms with Gasteiger partial charge in [-0.15, -0.1) is 0 Å². The fourth-order valence-electron chi connectivity index (χ4n) is 3.33. The van der Waals surface area contributed by atoms with E-state index >= 15 is 0 Å². The number of ether oxygens (including phenoxy) is 3. The lowest BCUT2D eigenvalue weighted by Gasteiger charge is -2.46. The van der Waals surface area contributed by atoms with Gasteiger partial charge in [0.2, 0.25) is 0 Å². The molecular weight excluding hydrogens is 422 g/mol. The van der Waals surface area contributed by atoms with Crippen LogP contribution in [0.4, 0.5) is 5.69 Å². The van der Waals surface area contributed by atoms with Crippen molar-refractivity contribution in [1.82, 2.24) is 0 Å². The zero-order valence-corrected chi connectivity index (χ0v) is 16.7. The van der Waals surface area contributed by atoms with E-state index in [0.717, 1.165) is 11.8 Å². The number of benzene rings is 1. The summed E-state index contributed by atoms with van der Waals surface area (Å²) in [4.78, 5) is 0.713. The molecule has 1 aromatic carbocycles. The van der Waals surface area contributed by atoms with Crippen molar-refractivity contribution < 1.29 is 50.0 Å². The highest BCUT2D eigenvalue weighted by Gasteiger charge is 2.50. The molecule has 11 nitrogen and oxygen atoms in total. The molecule has 2 fully saturated rings. The van der Waals surface area contributed by atoms with Crippen LogP contribution >= 0.6 is 11.8 Å². The maximum atomic E-state index is 10.6. The topological polar surface area (TPSA) is 195 Å². The second kappa shape index (κ2) is 10.1. The van der Waals surface area contributed by atoms with Crippen LogP contribution in [-0.2, 0) is 14.2 Å². The molecule has 12 heteroatoms. The molecule has 0 spiro atoms. The summed E-state index contributed by atoms with van der Waals surface area (Å²) in [5.41, 5.74) is 5.27. The summed E-state index contributed by atoms with van der Waals surface area (Å²) in [6.07, 6.45) is -13.1. The van der Waals surface area contributed by atoms with Crippen molar-refractivity contribution in [3.05, 3.63) is 24.3 Å². The van der Waals surface area contributed by atoms with Crippen LogP contribution in [0.15, 0.2) is 29.2 Å². The second-order valence-electron chi connectivity index (χ2n) is 7.19. The number of thioether (sulfide) groups is 1. The quantitative estimate of drug-likeness (QED) is 0.205. The summed E-state index contributed by atoms with van der Waals surface area (Å²) in [6, 6.07) is 6.77. The Morgan fingerprint density at radius 2 is 1.43 bits per heavy atom. The summed E-state index contributed by atoms with van der Waals surface area (Å²) in [5.74, 6) is 0. The van der Waals surface area contributed by atoms with Gasteiger partial charge in [-0.25, -0.2) is 0 Å². The average Bonchev–Trinajstić information content (AvgIpc) is 2.74. The zero-order valence-electron chi connectivity index (χ0n) is 15.8. The third-order valence-electron chi connectivity index (χ3n) is 5.09. The van der Waals surface area contributed by atoms with Gasteiger partial charge >= 0.3 is 0 Å². The SMILES string of the molecule is Nc1ccc(S[C@@H]2O[C@H](CO)[C@@H](O[C@@H]3O[C@@H](CO)[C@@H](O)[C@H](O)[C@H]3O)[C@H](O)[C@@H]2O)cc1. The van der Waals surface area contributed by atoms with E-state index in [0.29, 0.717) is 10.6 Å². The summed E-state index contributed by atoms with van der Waals surface area (Å²) in [6.45, 7) is -1.23. The second-order valence-corrected chi connectivity index (χ2v) is 8.36. The molecule has 0 aliphatic carbocycles. The van der Waals surface area contributed by atoms with Crippen LogP contribution < -0.4 is 5.73 Å². The minimum Gasteiger partial charge on any atom is -0.399 e. The van der Waals surface area contributed by atoms with Crippen molar-refractivity contribution in [2.45, 2.75) is 65.5 Å². The van der Waals surface area contributed by atoms with Gasteiger partial charge in [0.05, 0.1) is 13.2 Å². The van der Waals surface area contributed by atoms with E-state index in [1.165, 1.54) is 0 Å². The standard InChI is InChI=1S/C18H27NO10S/c19-7-1-3-8(4-2-7)30-18-15(26)13(24)16(10(6-21)28-18)29-17-14(25)12(23)11(22)9(5-20)27-17/h1-4,9-18,20-26H,5-6,19H2/t9-,10+,11+,12-,13+,14+,15-,16+,17-,18-/m0/s1. The highest BCUT2D eigenvalue weighted by atomic mass is 32.2. The van der Waals surface area contributed by atoms with Crippen molar-refractivity contribution in [3.63, 3.8) is 0 Å². The van der Waals surface area contributed by atoms with Crippen molar-refractivity contribution in [3.8, 4) is 0 Å². The molecule has 0 amide bonds. The minimum atomic E-state index is -1.70. The average molecular weight is 449 g/mol. The Morgan fingerprint density at radius 1 is 0.800 bits per heavy atom. The maximum Gasteiger partial charge on any atom is 0.187 e. The van der Waals surface area contributed by atoms with Gasteiger partial charge in [0.15, 0.2) is 6.29 Å². The third-order valence-corrected chi connectivity index (χ3v) is 6.26. The number of aliphatic hydroxyl groups is 7. The fraction of sp³-hybridized carbons (Fsp3) is 0.667. The summed E-state index contributed by atoms with van der Waals surface area (Å²) < 4.78 is 16.5. The number of hydrogen-bond acceptors (Lipinski definition) is 12. The summed E-state index contributed by atoms with van der Waals surface area (Å²) in [5, 5.41) is 70.0. The molecule has 0 unspecified atom stereocenters. The molecule has 2 aliphatic heterocycles. The molecule has 30 heavy (non-hydrogen) atoms. The van der Waals surface area contributed by atoms with Gasteiger partial charge in [0, 0.05) is 10.6 Å². The normalized spacial score (nSPS) is 42.2. The van der Waals surface area contributed by atoms with Crippen LogP contribution in [0.2, 0.25) is 0 Å². The summed E-state index contributed by atoms with van der Waals surface area (Å²) in [7, 11) is 0. The van der Waals surface area contributed by atoms with E-state index in [9.17, 15) is 35.7 Å². The molecule has 0 saturated carbocycles. The first-order valence-electron chi connectivity index (χ1n) is 9.37. The molecule has 1 aromatic rings. The van der Waals surface area contributed by atoms with Gasteiger partial charge in [0.25, 0.3) is 0 Å². The molecule has 0 bridgehead atoms. The van der Waals surface area contributed by atoms with E-state index in [-0.39, 0.29) is 0 Å². The third kappa shape index (κ3) is 4.89. The van der Waals surface area contributed by atoms with Gasteiger partial charge in [-0.2, -0.15) is 0 Å². The van der Waals surface area contributed by atoms with E-state index < -0.39 is 73.8 Å². The lowest BCUT2D eigenvalue weighted by Crippen LogP contribution is -2.64. The van der Waals surface area contributed by atoms with Crippen molar-refractivity contribution in [2.24, 2.45) is 0 Å². The number of aliphatic hydroxyl groups excluding tert-OH is 7. The van der Waals surface area contributed by atoms with Gasteiger partial charge in [0.1, 0.15) is 54.3 Å². The van der Waals surface area contributed by atoms with E-state index in [2.05, 4.69) is 0 Å². The van der Waals surface area contributed by atoms with Crippen LogP contribution in [0, 0.1) is 0 Å². The number of nitrogen functional groups attached to an aromatic ring is 1. The van der Waals surface area contributed by atoms with E-state index in [1.807, 2.05) is 0 Å². The Labute approximate surface area is 176 Å². The molecule has 3 rings (SSSR count). The fourth-order valence-corrected chi connectivity index (χ4v) is 4.39. The largest absolute Gasteiger partial charge is 0.399 e. The maximum absolute atomic E-state index is 10.6. The van der Waals surface area contributed by atoms with E-state index in [1.54, 1.807) is 24.3 Å². The predicted octanol–water partition coefficient (Wildman–Crippen LogP) is -3.01. The monoisotopic (exact) mass is 449 g/mol. The van der Waals surface area contributed by atoms with Gasteiger partial charge in [-0.3, -0.25) is 0 Å². The smallest absolute Gasteiger partial charge is 0.187 e. The van der Waals surface area contributed by atoms with Crippen LogP contribution in [0.5, 0.6) is 0 Å². The molecule has 2 heterocycles. The molecule has 0 aromatic heterocycles. The van der Waals surface area contributed by atoms with Gasteiger partial charge < -0.3 is 55.7 Å². The number of nitrogens with two attached hydrogens (primary N) is 1. The highest BCUT2D eigenvalue weighted by molar-refractivity contribution is 7.99. The molecule has 9 N–H and O–H groups in total. The van der Waals surface area contributed by atoms with Crippen LogP contribution in [0.3, 0.4) is 0 Å². The van der Waals surface area contributed by atoms with Crippen LogP contribution in [0.25, 0.3) is 0 Å². The lowest BCUT2D eigenvalue weighted by atomic mass is 9.97.